The molecule has 0 aliphatic heterocycles. The highest BCUT2D eigenvalue weighted by molar-refractivity contribution is 7.14. The zero-order valence-corrected chi connectivity index (χ0v) is 17.0. The number of amides is 3. The Morgan fingerprint density at radius 1 is 1.07 bits per heavy atom. The summed E-state index contributed by atoms with van der Waals surface area (Å²) in [6, 6.07) is 16.3. The molecule has 3 aromatic rings. The first-order valence-corrected chi connectivity index (χ1v) is 9.93. The lowest BCUT2D eigenvalue weighted by molar-refractivity contribution is -0.121. The van der Waals surface area contributed by atoms with Crippen LogP contribution < -0.4 is 20.7 Å². The number of carbonyl (C=O) groups excluding carboxylic acids is 2. The van der Waals surface area contributed by atoms with Crippen LogP contribution in [0.5, 0.6) is 5.75 Å². The van der Waals surface area contributed by atoms with Gasteiger partial charge in [0.15, 0.2) is 5.13 Å². The van der Waals surface area contributed by atoms with Gasteiger partial charge in [0, 0.05) is 5.38 Å². The van der Waals surface area contributed by atoms with E-state index in [0.717, 1.165) is 5.56 Å². The summed E-state index contributed by atoms with van der Waals surface area (Å²) >= 11 is 1.26. The third kappa shape index (κ3) is 5.79. The van der Waals surface area contributed by atoms with Crippen molar-refractivity contribution in [3.05, 3.63) is 71.2 Å². The first-order valence-electron chi connectivity index (χ1n) is 9.05. The number of methoxy groups -OCH3 is 1. The minimum Gasteiger partial charge on any atom is -0.495 e. The molecule has 1 aromatic heterocycles. The lowest BCUT2D eigenvalue weighted by atomic mass is 10.1. The van der Waals surface area contributed by atoms with Crippen LogP contribution in [0.15, 0.2) is 60.0 Å². The van der Waals surface area contributed by atoms with Crippen LogP contribution in [-0.2, 0) is 11.2 Å². The van der Waals surface area contributed by atoms with Crippen LogP contribution in [0.4, 0.5) is 15.6 Å². The molecule has 3 rings (SSSR count). The first kappa shape index (κ1) is 20.3. The number of carbonyl (C=O) groups is 2. The molecule has 0 saturated heterocycles. The number of rotatable bonds is 7. The number of ether oxygens (including phenoxy) is 1. The van der Waals surface area contributed by atoms with Gasteiger partial charge in [0.05, 0.1) is 31.0 Å². The van der Waals surface area contributed by atoms with E-state index in [1.807, 2.05) is 43.3 Å². The van der Waals surface area contributed by atoms with E-state index in [9.17, 15) is 9.59 Å². The number of aromatic nitrogens is 1. The smallest absolute Gasteiger partial charge is 0.325 e. The lowest BCUT2D eigenvalue weighted by Gasteiger charge is -2.13. The van der Waals surface area contributed by atoms with E-state index in [4.69, 9.17) is 4.74 Å². The summed E-state index contributed by atoms with van der Waals surface area (Å²) in [5, 5.41) is 10.5. The Morgan fingerprint density at radius 2 is 1.79 bits per heavy atom. The molecule has 3 N–H and O–H groups in total. The van der Waals surface area contributed by atoms with Crippen molar-refractivity contribution in [2.24, 2.45) is 0 Å². The monoisotopic (exact) mass is 410 g/mol. The summed E-state index contributed by atoms with van der Waals surface area (Å²) in [4.78, 5) is 28.8. The summed E-state index contributed by atoms with van der Waals surface area (Å²) in [5.41, 5.74) is 2.19. The van der Waals surface area contributed by atoms with Crippen LogP contribution in [-0.4, -0.2) is 24.0 Å². The molecule has 0 radical (unpaired) electrons. The first-order chi connectivity index (χ1) is 14.0. The summed E-state index contributed by atoms with van der Waals surface area (Å²) in [5.74, 6) is 0.434. The standard InChI is InChI=1S/C21H22N4O3S/c1-14(15-8-4-3-5-9-15)22-19(26)12-16-13-29-21(23-16)25-20(27)24-17-10-6-7-11-18(17)28-2/h3-11,13-14H,12H2,1-2H3,(H,22,26)(H2,23,24,25,27). The molecule has 29 heavy (non-hydrogen) atoms. The molecule has 1 atom stereocenters. The molecule has 1 unspecified atom stereocenters. The van der Waals surface area contributed by atoms with Gasteiger partial charge in [0.2, 0.25) is 5.91 Å². The Kier molecular flexibility index (Phi) is 6.80. The minimum atomic E-state index is -0.433. The van der Waals surface area contributed by atoms with Crippen LogP contribution in [0.3, 0.4) is 0 Å². The second-order valence-corrected chi connectivity index (χ2v) is 7.16. The van der Waals surface area contributed by atoms with Crippen molar-refractivity contribution in [2.45, 2.75) is 19.4 Å². The van der Waals surface area contributed by atoms with Crippen molar-refractivity contribution in [1.29, 1.82) is 0 Å². The highest BCUT2D eigenvalue weighted by atomic mass is 32.1. The van der Waals surface area contributed by atoms with Gasteiger partial charge in [0.1, 0.15) is 5.75 Å². The highest BCUT2D eigenvalue weighted by Crippen LogP contribution is 2.23. The molecule has 0 spiro atoms. The fourth-order valence-corrected chi connectivity index (χ4v) is 3.43. The maximum absolute atomic E-state index is 12.3. The number of nitrogens with one attached hydrogen (secondary N) is 3. The second kappa shape index (κ2) is 9.70. The molecule has 0 fully saturated rings. The average Bonchev–Trinajstić information content (AvgIpc) is 3.15. The van der Waals surface area contributed by atoms with E-state index in [0.29, 0.717) is 22.3 Å². The van der Waals surface area contributed by atoms with E-state index < -0.39 is 6.03 Å². The Bertz CT molecular complexity index is 975. The molecule has 0 aliphatic carbocycles. The van der Waals surface area contributed by atoms with E-state index in [1.165, 1.54) is 18.4 Å². The number of urea groups is 1. The van der Waals surface area contributed by atoms with Crippen LogP contribution >= 0.6 is 11.3 Å². The fourth-order valence-electron chi connectivity index (χ4n) is 2.73. The van der Waals surface area contributed by atoms with Gasteiger partial charge in [-0.1, -0.05) is 42.5 Å². The number of thiazole rings is 1. The average molecular weight is 410 g/mol. The predicted molar refractivity (Wildman–Crippen MR) is 114 cm³/mol. The van der Waals surface area contributed by atoms with Crippen molar-refractivity contribution in [2.75, 3.05) is 17.7 Å². The van der Waals surface area contributed by atoms with E-state index in [2.05, 4.69) is 20.9 Å². The SMILES string of the molecule is COc1ccccc1NC(=O)Nc1nc(CC(=O)NC(C)c2ccccc2)cs1. The van der Waals surface area contributed by atoms with Crippen molar-refractivity contribution < 1.29 is 14.3 Å². The lowest BCUT2D eigenvalue weighted by Crippen LogP contribution is -2.28. The van der Waals surface area contributed by atoms with Crippen LogP contribution in [0.1, 0.15) is 24.2 Å². The molecule has 0 aliphatic rings. The minimum absolute atomic E-state index is 0.0911. The zero-order chi connectivity index (χ0) is 20.6. The Hall–Kier alpha value is -3.39. The number of hydrogen-bond donors (Lipinski definition) is 3. The topological polar surface area (TPSA) is 92.3 Å². The molecule has 7 nitrogen and oxygen atoms in total. The quantitative estimate of drug-likeness (QED) is 0.544. The van der Waals surface area contributed by atoms with Crippen LogP contribution in [0.25, 0.3) is 0 Å². The Morgan fingerprint density at radius 3 is 2.55 bits per heavy atom. The molecular weight excluding hydrogens is 388 g/mol. The maximum atomic E-state index is 12.3. The molecule has 1 heterocycles. The predicted octanol–water partition coefficient (Wildman–Crippen LogP) is 4.22. The van der Waals surface area contributed by atoms with Crippen LogP contribution in [0, 0.1) is 0 Å². The molecule has 8 heteroatoms. The van der Waals surface area contributed by atoms with E-state index in [-0.39, 0.29) is 18.4 Å². The molecule has 2 aromatic carbocycles. The Balaban J connectivity index is 1.52. The van der Waals surface area contributed by atoms with Crippen molar-refractivity contribution in [3.8, 4) is 5.75 Å². The van der Waals surface area contributed by atoms with Gasteiger partial charge in [-0.15, -0.1) is 11.3 Å². The number of benzene rings is 2. The third-order valence-corrected chi connectivity index (χ3v) is 4.95. The van der Waals surface area contributed by atoms with Gasteiger partial charge in [-0.25, -0.2) is 9.78 Å². The highest BCUT2D eigenvalue weighted by Gasteiger charge is 2.13. The molecule has 0 bridgehead atoms. The van der Waals surface area contributed by atoms with Crippen molar-refractivity contribution >= 4 is 34.1 Å². The normalized spacial score (nSPS) is 11.4. The van der Waals surface area contributed by atoms with Gasteiger partial charge >= 0.3 is 6.03 Å². The maximum Gasteiger partial charge on any atom is 0.325 e. The third-order valence-electron chi connectivity index (χ3n) is 4.15. The van der Waals surface area contributed by atoms with Gasteiger partial charge in [-0.05, 0) is 24.6 Å². The van der Waals surface area contributed by atoms with Gasteiger partial charge in [0.25, 0.3) is 0 Å². The molecule has 150 valence electrons. The fraction of sp³-hybridized carbons (Fsp3) is 0.190. The van der Waals surface area contributed by atoms with Crippen LogP contribution in [0.2, 0.25) is 0 Å². The van der Waals surface area contributed by atoms with Gasteiger partial charge < -0.3 is 15.4 Å². The number of hydrogen-bond acceptors (Lipinski definition) is 5. The summed E-state index contributed by atoms with van der Waals surface area (Å²) in [6.45, 7) is 1.93. The van der Waals surface area contributed by atoms with Crippen molar-refractivity contribution in [3.63, 3.8) is 0 Å². The number of para-hydroxylation sites is 2. The summed E-state index contributed by atoms with van der Waals surface area (Å²) in [7, 11) is 1.54. The molecular formula is C21H22N4O3S. The van der Waals surface area contributed by atoms with Gasteiger partial charge in [-0.2, -0.15) is 0 Å². The largest absolute Gasteiger partial charge is 0.495 e. The molecule has 3 amide bonds. The summed E-state index contributed by atoms with van der Waals surface area (Å²) in [6.07, 6.45) is 0.142. The molecule has 0 saturated carbocycles. The zero-order valence-electron chi connectivity index (χ0n) is 16.1. The number of nitrogens with zero attached hydrogens (tertiary/aromatic N) is 1. The summed E-state index contributed by atoms with van der Waals surface area (Å²) < 4.78 is 5.21. The second-order valence-electron chi connectivity index (χ2n) is 6.30. The van der Waals surface area contributed by atoms with E-state index in [1.54, 1.807) is 23.6 Å². The number of anilines is 2. The van der Waals surface area contributed by atoms with Crippen molar-refractivity contribution in [1.82, 2.24) is 10.3 Å². The Labute approximate surface area is 173 Å². The van der Waals surface area contributed by atoms with Gasteiger partial charge in [-0.3, -0.25) is 10.1 Å². The van der Waals surface area contributed by atoms with E-state index >= 15 is 0 Å².